The third-order valence-corrected chi connectivity index (χ3v) is 4.35. The number of hydrogen-bond donors (Lipinski definition) is 2. The summed E-state index contributed by atoms with van der Waals surface area (Å²) < 4.78 is 1.61. The van der Waals surface area contributed by atoms with Gasteiger partial charge in [0.2, 0.25) is 0 Å². The third kappa shape index (κ3) is 4.56. The Bertz CT molecular complexity index is 722. The first kappa shape index (κ1) is 16.9. The maximum absolute atomic E-state index is 12.2. The van der Waals surface area contributed by atoms with Crippen molar-refractivity contribution in [2.24, 2.45) is 13.0 Å². The van der Waals surface area contributed by atoms with E-state index in [0.717, 1.165) is 18.5 Å². The second-order valence-corrected chi connectivity index (χ2v) is 6.21. The molecule has 3 heterocycles. The van der Waals surface area contributed by atoms with Crippen molar-refractivity contribution in [2.45, 2.75) is 12.8 Å². The maximum atomic E-state index is 12.2. The molecule has 0 spiro atoms. The molecule has 2 aromatic rings. The van der Waals surface area contributed by atoms with Gasteiger partial charge in [0.1, 0.15) is 0 Å². The van der Waals surface area contributed by atoms with Gasteiger partial charge in [0.15, 0.2) is 0 Å². The van der Waals surface area contributed by atoms with Gasteiger partial charge in [-0.25, -0.2) is 4.79 Å². The zero-order valence-electron chi connectivity index (χ0n) is 14.2. The predicted molar refractivity (Wildman–Crippen MR) is 93.1 cm³/mol. The number of rotatable bonds is 4. The molecule has 0 aromatic carbocycles. The van der Waals surface area contributed by atoms with Crippen LogP contribution in [0, 0.1) is 5.92 Å². The molecule has 2 aromatic heterocycles. The van der Waals surface area contributed by atoms with E-state index in [1.165, 1.54) is 0 Å². The summed E-state index contributed by atoms with van der Waals surface area (Å²) in [5, 5.41) is 9.81. The smallest absolute Gasteiger partial charge is 0.321 e. The number of amides is 3. The second-order valence-electron chi connectivity index (χ2n) is 6.21. The molecule has 8 nitrogen and oxygen atoms in total. The van der Waals surface area contributed by atoms with Crippen molar-refractivity contribution in [1.82, 2.24) is 25.0 Å². The molecule has 0 unspecified atom stereocenters. The number of anilines is 1. The Kier molecular flexibility index (Phi) is 5.27. The molecule has 2 N–H and O–H groups in total. The fraction of sp³-hybridized carbons (Fsp3) is 0.412. The number of aromatic nitrogens is 3. The highest BCUT2D eigenvalue weighted by Crippen LogP contribution is 2.17. The molecule has 0 bridgehead atoms. The Morgan fingerprint density at radius 3 is 2.60 bits per heavy atom. The minimum atomic E-state index is -0.106. The average Bonchev–Trinajstić information content (AvgIpc) is 3.07. The first-order chi connectivity index (χ1) is 12.1. The predicted octanol–water partition coefficient (Wildman–Crippen LogP) is 1.49. The molecule has 132 valence electrons. The van der Waals surface area contributed by atoms with Crippen LogP contribution >= 0.6 is 0 Å². The van der Waals surface area contributed by atoms with Gasteiger partial charge in [-0.1, -0.05) is 0 Å². The highest BCUT2D eigenvalue weighted by molar-refractivity contribution is 5.93. The van der Waals surface area contributed by atoms with Gasteiger partial charge in [-0.05, 0) is 30.9 Å². The number of carbonyl (C=O) groups excluding carboxylic acids is 2. The number of urea groups is 1. The molecule has 1 aliphatic rings. The molecule has 0 aliphatic carbocycles. The number of carbonyl (C=O) groups is 2. The van der Waals surface area contributed by atoms with E-state index in [1.807, 2.05) is 0 Å². The van der Waals surface area contributed by atoms with Crippen LogP contribution in [-0.4, -0.2) is 51.2 Å². The topological polar surface area (TPSA) is 92.2 Å². The van der Waals surface area contributed by atoms with Crippen molar-refractivity contribution in [3.05, 3.63) is 42.5 Å². The number of pyridine rings is 1. The number of nitrogens with one attached hydrogen (secondary N) is 2. The van der Waals surface area contributed by atoms with E-state index in [4.69, 9.17) is 0 Å². The quantitative estimate of drug-likeness (QED) is 0.880. The Morgan fingerprint density at radius 2 is 1.96 bits per heavy atom. The summed E-state index contributed by atoms with van der Waals surface area (Å²) in [6.07, 6.45) is 8.29. The number of piperidine rings is 1. The molecular formula is C17H22N6O2. The summed E-state index contributed by atoms with van der Waals surface area (Å²) in [7, 11) is 1.78. The van der Waals surface area contributed by atoms with Crippen LogP contribution in [0.5, 0.6) is 0 Å². The normalized spacial score (nSPS) is 15.0. The van der Waals surface area contributed by atoms with Crippen LogP contribution in [0.25, 0.3) is 0 Å². The molecule has 0 atom stereocenters. The lowest BCUT2D eigenvalue weighted by molar-refractivity contribution is 0.0938. The van der Waals surface area contributed by atoms with Crippen LogP contribution in [0.4, 0.5) is 10.5 Å². The summed E-state index contributed by atoms with van der Waals surface area (Å²) >= 11 is 0. The van der Waals surface area contributed by atoms with E-state index in [9.17, 15) is 9.59 Å². The molecule has 1 aliphatic heterocycles. The number of aryl methyl sites for hydroxylation is 1. The van der Waals surface area contributed by atoms with Gasteiger partial charge < -0.3 is 15.5 Å². The molecule has 1 fully saturated rings. The Morgan fingerprint density at radius 1 is 1.24 bits per heavy atom. The van der Waals surface area contributed by atoms with Crippen molar-refractivity contribution in [3.8, 4) is 0 Å². The molecule has 3 rings (SSSR count). The Hall–Kier alpha value is -2.90. The molecule has 3 amide bonds. The van der Waals surface area contributed by atoms with Crippen LogP contribution in [0.15, 0.2) is 36.9 Å². The minimum absolute atomic E-state index is 0.0935. The lowest BCUT2D eigenvalue weighted by atomic mass is 9.97. The van der Waals surface area contributed by atoms with Crippen molar-refractivity contribution >= 4 is 17.6 Å². The van der Waals surface area contributed by atoms with E-state index in [1.54, 1.807) is 53.5 Å². The van der Waals surface area contributed by atoms with E-state index >= 15 is 0 Å². The van der Waals surface area contributed by atoms with Crippen LogP contribution < -0.4 is 10.6 Å². The zero-order valence-corrected chi connectivity index (χ0v) is 14.2. The summed E-state index contributed by atoms with van der Waals surface area (Å²) in [6, 6.07) is 3.43. The Balaban J connectivity index is 1.41. The van der Waals surface area contributed by atoms with Gasteiger partial charge in [0.05, 0.1) is 11.8 Å². The van der Waals surface area contributed by atoms with Crippen molar-refractivity contribution in [1.29, 1.82) is 0 Å². The summed E-state index contributed by atoms with van der Waals surface area (Å²) in [5.74, 6) is 0.275. The average molecular weight is 342 g/mol. The summed E-state index contributed by atoms with van der Waals surface area (Å²) in [6.45, 7) is 1.99. The van der Waals surface area contributed by atoms with Crippen LogP contribution in [0.2, 0.25) is 0 Å². The number of hydrogen-bond acceptors (Lipinski definition) is 4. The van der Waals surface area contributed by atoms with Crippen LogP contribution in [-0.2, 0) is 7.05 Å². The first-order valence-electron chi connectivity index (χ1n) is 8.34. The van der Waals surface area contributed by atoms with Gasteiger partial charge in [0.25, 0.3) is 5.91 Å². The van der Waals surface area contributed by atoms with Crippen molar-refractivity contribution < 1.29 is 9.59 Å². The van der Waals surface area contributed by atoms with Crippen LogP contribution in [0.3, 0.4) is 0 Å². The van der Waals surface area contributed by atoms with Gasteiger partial charge in [-0.2, -0.15) is 5.10 Å². The molecule has 0 saturated carbocycles. The standard InChI is InChI=1S/C17H22N6O2/c1-22-12-14(11-20-22)16(24)19-10-13-4-8-23(9-5-13)17(25)21-15-2-6-18-7-3-15/h2-3,6-7,11-13H,4-5,8-10H2,1H3,(H,19,24)(H,18,21,25). The van der Waals surface area contributed by atoms with E-state index in [2.05, 4.69) is 20.7 Å². The molecular weight excluding hydrogens is 320 g/mol. The monoisotopic (exact) mass is 342 g/mol. The SMILES string of the molecule is Cn1cc(C(=O)NCC2CCN(C(=O)Nc3ccncc3)CC2)cn1. The highest BCUT2D eigenvalue weighted by Gasteiger charge is 2.23. The second kappa shape index (κ2) is 7.78. The Labute approximate surface area is 146 Å². The fourth-order valence-electron chi connectivity index (χ4n) is 2.86. The lowest BCUT2D eigenvalue weighted by Crippen LogP contribution is -2.43. The summed E-state index contributed by atoms with van der Waals surface area (Å²) in [4.78, 5) is 30.0. The van der Waals surface area contributed by atoms with Gasteiger partial charge in [-0.3, -0.25) is 14.5 Å². The van der Waals surface area contributed by atoms with Crippen LogP contribution in [0.1, 0.15) is 23.2 Å². The third-order valence-electron chi connectivity index (χ3n) is 4.35. The minimum Gasteiger partial charge on any atom is -0.352 e. The largest absolute Gasteiger partial charge is 0.352 e. The van der Waals surface area contributed by atoms with Crippen molar-refractivity contribution in [2.75, 3.05) is 25.0 Å². The number of nitrogens with zero attached hydrogens (tertiary/aromatic N) is 4. The van der Waals surface area contributed by atoms with E-state index in [-0.39, 0.29) is 11.9 Å². The number of likely N-dealkylation sites (tertiary alicyclic amines) is 1. The lowest BCUT2D eigenvalue weighted by Gasteiger charge is -2.32. The first-order valence-corrected chi connectivity index (χ1v) is 8.34. The highest BCUT2D eigenvalue weighted by atomic mass is 16.2. The van der Waals surface area contributed by atoms with Gasteiger partial charge in [-0.15, -0.1) is 0 Å². The zero-order chi connectivity index (χ0) is 17.6. The molecule has 8 heteroatoms. The van der Waals surface area contributed by atoms with Gasteiger partial charge in [0, 0.05) is 51.0 Å². The fourth-order valence-corrected chi connectivity index (χ4v) is 2.86. The summed E-state index contributed by atoms with van der Waals surface area (Å²) in [5.41, 5.74) is 1.31. The van der Waals surface area contributed by atoms with E-state index in [0.29, 0.717) is 31.1 Å². The van der Waals surface area contributed by atoms with Crippen molar-refractivity contribution in [3.63, 3.8) is 0 Å². The molecule has 0 radical (unpaired) electrons. The van der Waals surface area contributed by atoms with E-state index < -0.39 is 0 Å². The maximum Gasteiger partial charge on any atom is 0.321 e. The molecule has 25 heavy (non-hydrogen) atoms. The van der Waals surface area contributed by atoms with Gasteiger partial charge >= 0.3 is 6.03 Å². The molecule has 1 saturated heterocycles.